The van der Waals surface area contributed by atoms with E-state index in [-0.39, 0.29) is 18.5 Å². The second-order valence-corrected chi connectivity index (χ2v) is 7.62. The Morgan fingerprint density at radius 1 is 1.16 bits per heavy atom. The molecule has 10 heteroatoms. The van der Waals surface area contributed by atoms with Crippen LogP contribution in [0.4, 0.5) is 5.69 Å². The van der Waals surface area contributed by atoms with E-state index in [0.717, 1.165) is 5.56 Å². The number of nitrogens with one attached hydrogen (secondary N) is 1. The summed E-state index contributed by atoms with van der Waals surface area (Å²) in [7, 11) is 3.16. The molecule has 0 aliphatic carbocycles. The van der Waals surface area contributed by atoms with Gasteiger partial charge in [-0.25, -0.2) is 0 Å². The van der Waals surface area contributed by atoms with Crippen LogP contribution in [0.1, 0.15) is 0 Å². The number of benzene rings is 2. The van der Waals surface area contributed by atoms with Crippen molar-refractivity contribution in [3.05, 3.63) is 49.1 Å². The van der Waals surface area contributed by atoms with Gasteiger partial charge in [0.15, 0.2) is 34.0 Å². The summed E-state index contributed by atoms with van der Waals surface area (Å²) in [6.07, 6.45) is 1.75. The molecule has 9 nitrogen and oxygen atoms in total. The van der Waals surface area contributed by atoms with Crippen LogP contribution in [0, 0.1) is 0 Å². The van der Waals surface area contributed by atoms with Crippen LogP contribution in [-0.2, 0) is 11.3 Å². The molecule has 0 bridgehead atoms. The first-order chi connectivity index (χ1) is 15.6. The maximum atomic E-state index is 12.5. The van der Waals surface area contributed by atoms with Crippen LogP contribution in [0.3, 0.4) is 0 Å². The van der Waals surface area contributed by atoms with E-state index >= 15 is 0 Å². The summed E-state index contributed by atoms with van der Waals surface area (Å²) in [5, 5.41) is 12.1. The van der Waals surface area contributed by atoms with Crippen molar-refractivity contribution in [2.45, 2.75) is 11.7 Å². The number of hydrogen-bond donors (Lipinski definition) is 1. The number of carbonyl (C=O) groups is 1. The number of anilines is 1. The molecule has 3 aromatic rings. The first-order valence-electron chi connectivity index (χ1n) is 9.71. The molecule has 32 heavy (non-hydrogen) atoms. The molecule has 1 aliphatic rings. The van der Waals surface area contributed by atoms with Crippen molar-refractivity contribution in [3.8, 4) is 34.4 Å². The highest BCUT2D eigenvalue weighted by Crippen LogP contribution is 2.35. The quantitative estimate of drug-likeness (QED) is 0.387. The predicted molar refractivity (Wildman–Crippen MR) is 121 cm³/mol. The van der Waals surface area contributed by atoms with E-state index in [1.807, 2.05) is 22.8 Å². The van der Waals surface area contributed by atoms with Crippen LogP contribution < -0.4 is 24.3 Å². The smallest absolute Gasteiger partial charge is 0.234 e. The number of allylic oxidation sites excluding steroid dienone is 1. The second kappa shape index (κ2) is 9.65. The predicted octanol–water partition coefficient (Wildman–Crippen LogP) is 3.61. The maximum Gasteiger partial charge on any atom is 0.234 e. The van der Waals surface area contributed by atoms with Gasteiger partial charge in [0.05, 0.1) is 20.0 Å². The number of carbonyl (C=O) groups excluding carboxylic acids is 1. The van der Waals surface area contributed by atoms with Crippen LogP contribution >= 0.6 is 11.8 Å². The standard InChI is InChI=1S/C22H22N4O5S/c1-4-9-26-21(14-5-7-16(28-2)18(10-14)29-3)24-25-22(26)32-12-20(27)23-15-6-8-17-19(11-15)31-13-30-17/h4-8,10-11H,1,9,12-13H2,2-3H3,(H,23,27). The van der Waals surface area contributed by atoms with Gasteiger partial charge in [0.2, 0.25) is 12.7 Å². The molecule has 1 aromatic heterocycles. The number of aromatic nitrogens is 3. The molecule has 1 aliphatic heterocycles. The molecule has 2 heterocycles. The zero-order valence-corrected chi connectivity index (χ0v) is 18.5. The van der Waals surface area contributed by atoms with E-state index in [2.05, 4.69) is 22.1 Å². The summed E-state index contributed by atoms with van der Waals surface area (Å²) >= 11 is 1.29. The van der Waals surface area contributed by atoms with Crippen LogP contribution in [0.25, 0.3) is 11.4 Å². The van der Waals surface area contributed by atoms with Crippen LogP contribution in [0.2, 0.25) is 0 Å². The first kappa shape index (κ1) is 21.6. The lowest BCUT2D eigenvalue weighted by Gasteiger charge is -2.11. The molecule has 1 amide bonds. The Hall–Kier alpha value is -3.66. The van der Waals surface area contributed by atoms with Gasteiger partial charge in [-0.3, -0.25) is 9.36 Å². The molecule has 0 radical (unpaired) electrons. The largest absolute Gasteiger partial charge is 0.493 e. The highest BCUT2D eigenvalue weighted by molar-refractivity contribution is 7.99. The van der Waals surface area contributed by atoms with Gasteiger partial charge in [-0.15, -0.1) is 16.8 Å². The van der Waals surface area contributed by atoms with Gasteiger partial charge in [0, 0.05) is 23.9 Å². The highest BCUT2D eigenvalue weighted by atomic mass is 32.2. The minimum atomic E-state index is -0.172. The van der Waals surface area contributed by atoms with Gasteiger partial charge < -0.3 is 24.3 Å². The second-order valence-electron chi connectivity index (χ2n) is 6.68. The first-order valence-corrected chi connectivity index (χ1v) is 10.7. The van der Waals surface area contributed by atoms with Gasteiger partial charge in [-0.1, -0.05) is 17.8 Å². The molecule has 0 spiro atoms. The number of ether oxygens (including phenoxy) is 4. The van der Waals surface area contributed by atoms with Crippen LogP contribution in [-0.4, -0.2) is 47.4 Å². The van der Waals surface area contributed by atoms with Crippen molar-refractivity contribution < 1.29 is 23.7 Å². The Bertz CT molecular complexity index is 1150. The van der Waals surface area contributed by atoms with E-state index < -0.39 is 0 Å². The topological polar surface area (TPSA) is 96.7 Å². The number of methoxy groups -OCH3 is 2. The maximum absolute atomic E-state index is 12.5. The molecule has 2 aromatic carbocycles. The van der Waals surface area contributed by atoms with Gasteiger partial charge in [0.1, 0.15) is 0 Å². The van der Waals surface area contributed by atoms with Crippen molar-refractivity contribution >= 4 is 23.4 Å². The minimum absolute atomic E-state index is 0.162. The Kier molecular flexibility index (Phi) is 6.50. The van der Waals surface area contributed by atoms with Crippen molar-refractivity contribution in [1.29, 1.82) is 0 Å². The Morgan fingerprint density at radius 3 is 2.75 bits per heavy atom. The van der Waals surface area contributed by atoms with E-state index in [1.54, 1.807) is 38.5 Å². The Labute approximate surface area is 189 Å². The molecular formula is C22H22N4O5S. The Balaban J connectivity index is 1.47. The van der Waals surface area contributed by atoms with Crippen molar-refractivity contribution in [2.24, 2.45) is 0 Å². The lowest BCUT2D eigenvalue weighted by Crippen LogP contribution is -2.14. The lowest BCUT2D eigenvalue weighted by molar-refractivity contribution is -0.113. The van der Waals surface area contributed by atoms with Gasteiger partial charge >= 0.3 is 0 Å². The summed E-state index contributed by atoms with van der Waals surface area (Å²) in [4.78, 5) is 12.5. The average Bonchev–Trinajstić information content (AvgIpc) is 3.44. The summed E-state index contributed by atoms with van der Waals surface area (Å²) in [6.45, 7) is 4.49. The molecule has 4 rings (SSSR count). The van der Waals surface area contributed by atoms with Crippen LogP contribution in [0.15, 0.2) is 54.2 Å². The summed E-state index contributed by atoms with van der Waals surface area (Å²) in [6, 6.07) is 10.8. The number of rotatable bonds is 9. The molecule has 0 unspecified atom stereocenters. The van der Waals surface area contributed by atoms with Crippen molar-refractivity contribution in [1.82, 2.24) is 14.8 Å². The molecule has 0 atom stereocenters. The zero-order chi connectivity index (χ0) is 22.5. The zero-order valence-electron chi connectivity index (χ0n) is 17.7. The summed E-state index contributed by atoms with van der Waals surface area (Å²) in [5.41, 5.74) is 1.45. The van der Waals surface area contributed by atoms with Gasteiger partial charge in [-0.05, 0) is 30.3 Å². The number of thioether (sulfide) groups is 1. The van der Waals surface area contributed by atoms with Crippen LogP contribution in [0.5, 0.6) is 23.0 Å². The van der Waals surface area contributed by atoms with Gasteiger partial charge in [0.25, 0.3) is 0 Å². The fraction of sp³-hybridized carbons (Fsp3) is 0.227. The third-order valence-corrected chi connectivity index (χ3v) is 5.63. The summed E-state index contributed by atoms with van der Waals surface area (Å²) in [5.74, 6) is 3.13. The number of fused-ring (bicyclic) bond motifs is 1. The molecule has 0 saturated heterocycles. The van der Waals surface area contributed by atoms with Crippen molar-refractivity contribution in [3.63, 3.8) is 0 Å². The third-order valence-electron chi connectivity index (χ3n) is 4.66. The molecule has 0 saturated carbocycles. The van der Waals surface area contributed by atoms with Crippen molar-refractivity contribution in [2.75, 3.05) is 32.1 Å². The molecule has 1 N–H and O–H groups in total. The van der Waals surface area contributed by atoms with E-state index in [0.29, 0.717) is 46.2 Å². The van der Waals surface area contributed by atoms with E-state index in [1.165, 1.54) is 11.8 Å². The third kappa shape index (κ3) is 4.50. The fourth-order valence-corrected chi connectivity index (χ4v) is 3.93. The normalized spacial score (nSPS) is 11.8. The lowest BCUT2D eigenvalue weighted by atomic mass is 10.2. The number of nitrogens with zero attached hydrogens (tertiary/aromatic N) is 3. The number of amides is 1. The van der Waals surface area contributed by atoms with E-state index in [4.69, 9.17) is 18.9 Å². The highest BCUT2D eigenvalue weighted by Gasteiger charge is 2.18. The minimum Gasteiger partial charge on any atom is -0.493 e. The average molecular weight is 455 g/mol. The molecule has 166 valence electrons. The van der Waals surface area contributed by atoms with E-state index in [9.17, 15) is 4.79 Å². The monoisotopic (exact) mass is 454 g/mol. The van der Waals surface area contributed by atoms with Gasteiger partial charge in [-0.2, -0.15) is 0 Å². The SMILES string of the molecule is C=CCn1c(SCC(=O)Nc2ccc3c(c2)OCO3)nnc1-c1ccc(OC)c(OC)c1. The Morgan fingerprint density at radius 2 is 1.97 bits per heavy atom. The summed E-state index contributed by atoms with van der Waals surface area (Å²) < 4.78 is 23.2. The number of hydrogen-bond acceptors (Lipinski definition) is 8. The fourth-order valence-electron chi connectivity index (χ4n) is 3.18. The molecular weight excluding hydrogens is 432 g/mol. The molecule has 0 fully saturated rings.